The van der Waals surface area contributed by atoms with Gasteiger partial charge < -0.3 is 10.1 Å². The van der Waals surface area contributed by atoms with Crippen LogP contribution in [0.25, 0.3) is 0 Å². The molecule has 0 fully saturated rings. The molecule has 110 valence electrons. The van der Waals surface area contributed by atoms with Gasteiger partial charge in [-0.3, -0.25) is 0 Å². The van der Waals surface area contributed by atoms with Crippen LogP contribution in [0, 0.1) is 6.92 Å². The van der Waals surface area contributed by atoms with Crippen molar-refractivity contribution in [3.8, 4) is 11.6 Å². The number of hydrogen-bond donors (Lipinski definition) is 1. The highest BCUT2D eigenvalue weighted by Crippen LogP contribution is 2.30. The van der Waals surface area contributed by atoms with Gasteiger partial charge in [0.1, 0.15) is 17.9 Å². The van der Waals surface area contributed by atoms with E-state index in [4.69, 9.17) is 4.74 Å². The van der Waals surface area contributed by atoms with E-state index in [9.17, 15) is 0 Å². The highest BCUT2D eigenvalue weighted by atomic mass is 16.5. The summed E-state index contributed by atoms with van der Waals surface area (Å²) < 4.78 is 5.96. The summed E-state index contributed by atoms with van der Waals surface area (Å²) in [5.41, 5.74) is 3.81. The Kier molecular flexibility index (Phi) is 4.04. The van der Waals surface area contributed by atoms with Crippen LogP contribution in [-0.2, 0) is 12.8 Å². The topological polar surface area (TPSA) is 47.0 Å². The van der Waals surface area contributed by atoms with Crippen molar-refractivity contribution in [2.24, 2.45) is 0 Å². The molecule has 0 saturated carbocycles. The first kappa shape index (κ1) is 13.9. The summed E-state index contributed by atoms with van der Waals surface area (Å²) in [6.45, 7) is 5.02. The minimum absolute atomic E-state index is 0.626. The van der Waals surface area contributed by atoms with Crippen LogP contribution in [0.1, 0.15) is 36.5 Å². The number of aryl methyl sites for hydroxylation is 2. The standard InChI is InChI=1S/C17H21N3O/c1-3-9-18-16-12(2)17(20-11-19-16)21-15-8-7-13-5-4-6-14(13)10-15/h7-8,10-11H,3-6,9H2,1-2H3,(H,18,19,20). The lowest BCUT2D eigenvalue weighted by Crippen LogP contribution is -2.05. The van der Waals surface area contributed by atoms with Crippen molar-refractivity contribution in [2.45, 2.75) is 39.5 Å². The Morgan fingerprint density at radius 3 is 2.90 bits per heavy atom. The van der Waals surface area contributed by atoms with Gasteiger partial charge in [-0.15, -0.1) is 0 Å². The van der Waals surface area contributed by atoms with Crippen molar-refractivity contribution in [2.75, 3.05) is 11.9 Å². The van der Waals surface area contributed by atoms with Crippen LogP contribution in [0.4, 0.5) is 5.82 Å². The molecule has 4 heteroatoms. The van der Waals surface area contributed by atoms with Gasteiger partial charge in [-0.05, 0) is 55.9 Å². The molecular formula is C17H21N3O. The summed E-state index contributed by atoms with van der Waals surface area (Å²) in [6, 6.07) is 6.35. The second-order valence-electron chi connectivity index (χ2n) is 5.47. The van der Waals surface area contributed by atoms with E-state index in [0.717, 1.165) is 36.5 Å². The van der Waals surface area contributed by atoms with Crippen molar-refractivity contribution in [3.63, 3.8) is 0 Å². The second kappa shape index (κ2) is 6.12. The summed E-state index contributed by atoms with van der Waals surface area (Å²) in [6.07, 6.45) is 6.19. The monoisotopic (exact) mass is 283 g/mol. The van der Waals surface area contributed by atoms with Crippen LogP contribution in [0.5, 0.6) is 11.6 Å². The number of hydrogen-bond acceptors (Lipinski definition) is 4. The number of ether oxygens (including phenoxy) is 1. The lowest BCUT2D eigenvalue weighted by molar-refractivity contribution is 0.457. The molecule has 1 aromatic carbocycles. The Morgan fingerprint density at radius 2 is 2.05 bits per heavy atom. The van der Waals surface area contributed by atoms with E-state index in [1.807, 2.05) is 13.0 Å². The average molecular weight is 283 g/mol. The predicted molar refractivity (Wildman–Crippen MR) is 84.1 cm³/mol. The highest BCUT2D eigenvalue weighted by Gasteiger charge is 2.13. The first-order chi connectivity index (χ1) is 10.3. The van der Waals surface area contributed by atoms with Gasteiger partial charge in [0.25, 0.3) is 0 Å². The van der Waals surface area contributed by atoms with Crippen LogP contribution in [0.15, 0.2) is 24.5 Å². The maximum Gasteiger partial charge on any atom is 0.227 e. The molecule has 1 aliphatic rings. The summed E-state index contributed by atoms with van der Waals surface area (Å²) >= 11 is 0. The highest BCUT2D eigenvalue weighted by molar-refractivity contribution is 5.49. The van der Waals surface area contributed by atoms with E-state index >= 15 is 0 Å². The van der Waals surface area contributed by atoms with Crippen molar-refractivity contribution < 1.29 is 4.74 Å². The van der Waals surface area contributed by atoms with Crippen LogP contribution in [0.3, 0.4) is 0 Å². The van der Waals surface area contributed by atoms with E-state index < -0.39 is 0 Å². The van der Waals surface area contributed by atoms with Gasteiger partial charge in [0.05, 0.1) is 5.56 Å². The molecule has 0 aliphatic heterocycles. The number of aromatic nitrogens is 2. The van der Waals surface area contributed by atoms with E-state index in [2.05, 4.69) is 34.3 Å². The Bertz CT molecular complexity index is 640. The molecule has 0 atom stereocenters. The minimum atomic E-state index is 0.626. The van der Waals surface area contributed by atoms with Crippen molar-refractivity contribution in [1.82, 2.24) is 9.97 Å². The summed E-state index contributed by atoms with van der Waals surface area (Å²) in [5, 5.41) is 3.30. The minimum Gasteiger partial charge on any atom is -0.439 e. The lowest BCUT2D eigenvalue weighted by Gasteiger charge is -2.12. The van der Waals surface area contributed by atoms with Gasteiger partial charge in [-0.2, -0.15) is 0 Å². The first-order valence-electron chi connectivity index (χ1n) is 7.63. The summed E-state index contributed by atoms with van der Waals surface area (Å²) in [7, 11) is 0. The Morgan fingerprint density at radius 1 is 1.19 bits per heavy atom. The smallest absolute Gasteiger partial charge is 0.227 e. The molecule has 1 aromatic heterocycles. The average Bonchev–Trinajstić information content (AvgIpc) is 2.96. The van der Waals surface area contributed by atoms with Crippen LogP contribution < -0.4 is 10.1 Å². The number of fused-ring (bicyclic) bond motifs is 1. The number of nitrogens with one attached hydrogen (secondary N) is 1. The molecule has 1 N–H and O–H groups in total. The fourth-order valence-corrected chi connectivity index (χ4v) is 2.68. The van der Waals surface area contributed by atoms with E-state index in [-0.39, 0.29) is 0 Å². The summed E-state index contributed by atoms with van der Waals surface area (Å²) in [5.74, 6) is 2.34. The molecule has 1 aliphatic carbocycles. The van der Waals surface area contributed by atoms with Gasteiger partial charge in [0, 0.05) is 6.54 Å². The van der Waals surface area contributed by atoms with Gasteiger partial charge in [0.2, 0.25) is 5.88 Å². The van der Waals surface area contributed by atoms with E-state index in [1.165, 1.54) is 24.0 Å². The van der Waals surface area contributed by atoms with E-state index in [0.29, 0.717) is 5.88 Å². The molecule has 21 heavy (non-hydrogen) atoms. The largest absolute Gasteiger partial charge is 0.439 e. The van der Waals surface area contributed by atoms with Crippen LogP contribution in [0.2, 0.25) is 0 Å². The molecule has 0 unspecified atom stereocenters. The Hall–Kier alpha value is -2.10. The zero-order chi connectivity index (χ0) is 14.7. The quantitative estimate of drug-likeness (QED) is 0.904. The normalized spacial score (nSPS) is 13.0. The van der Waals surface area contributed by atoms with Crippen molar-refractivity contribution in [3.05, 3.63) is 41.2 Å². The predicted octanol–water partition coefficient (Wildman–Crippen LogP) is 3.89. The molecule has 3 rings (SSSR count). The molecule has 0 radical (unpaired) electrons. The third kappa shape index (κ3) is 2.99. The van der Waals surface area contributed by atoms with Gasteiger partial charge in [0.15, 0.2) is 0 Å². The molecule has 0 amide bonds. The maximum absolute atomic E-state index is 5.96. The number of rotatable bonds is 5. The zero-order valence-electron chi connectivity index (χ0n) is 12.6. The first-order valence-corrected chi connectivity index (χ1v) is 7.63. The summed E-state index contributed by atoms with van der Waals surface area (Å²) in [4.78, 5) is 8.54. The van der Waals surface area contributed by atoms with Crippen molar-refractivity contribution >= 4 is 5.82 Å². The maximum atomic E-state index is 5.96. The number of anilines is 1. The molecule has 2 aromatic rings. The fraction of sp³-hybridized carbons (Fsp3) is 0.412. The van der Waals surface area contributed by atoms with Crippen LogP contribution >= 0.6 is 0 Å². The lowest BCUT2D eigenvalue weighted by atomic mass is 10.1. The SMILES string of the molecule is CCCNc1ncnc(Oc2ccc3c(c2)CCC3)c1C. The number of nitrogens with zero attached hydrogens (tertiary/aromatic N) is 2. The van der Waals surface area contributed by atoms with Crippen LogP contribution in [-0.4, -0.2) is 16.5 Å². The molecule has 0 spiro atoms. The third-order valence-electron chi connectivity index (χ3n) is 3.86. The van der Waals surface area contributed by atoms with Gasteiger partial charge in [-0.25, -0.2) is 9.97 Å². The zero-order valence-corrected chi connectivity index (χ0v) is 12.6. The van der Waals surface area contributed by atoms with Gasteiger partial charge >= 0.3 is 0 Å². The Balaban J connectivity index is 1.81. The van der Waals surface area contributed by atoms with E-state index in [1.54, 1.807) is 6.33 Å². The third-order valence-corrected chi connectivity index (χ3v) is 3.86. The molecule has 1 heterocycles. The molecule has 0 saturated heterocycles. The Labute approximate surface area is 125 Å². The van der Waals surface area contributed by atoms with Gasteiger partial charge in [-0.1, -0.05) is 13.0 Å². The number of benzene rings is 1. The molecule has 4 nitrogen and oxygen atoms in total. The molecule has 0 bridgehead atoms. The van der Waals surface area contributed by atoms with Crippen molar-refractivity contribution in [1.29, 1.82) is 0 Å². The second-order valence-corrected chi connectivity index (χ2v) is 5.47. The fourth-order valence-electron chi connectivity index (χ4n) is 2.68. The molecular weight excluding hydrogens is 262 g/mol.